The summed E-state index contributed by atoms with van der Waals surface area (Å²) < 4.78 is 4.63. The van der Waals surface area contributed by atoms with Gasteiger partial charge in [-0.25, -0.2) is 9.59 Å². The Balaban J connectivity index is 1.77. The average molecular weight is 436 g/mol. The van der Waals surface area contributed by atoms with E-state index in [0.29, 0.717) is 0 Å². The molecule has 12 nitrogen and oxygen atoms in total. The number of nitrogens with one attached hydrogen (secondary N) is 1. The normalized spacial score (nSPS) is 20.9. The number of carbonyl (C=O) groups excluding carboxylic acids is 3. The zero-order valence-electron chi connectivity index (χ0n) is 15.1. The smallest absolute Gasteiger partial charge is 0.404 e. The number of aromatic hydroxyl groups is 1. The zero-order chi connectivity index (χ0) is 22.0. The van der Waals surface area contributed by atoms with Crippen LogP contribution in [0.4, 0.5) is 4.79 Å². The lowest BCUT2D eigenvalue weighted by Crippen LogP contribution is -2.71. The van der Waals surface area contributed by atoms with Gasteiger partial charge in [0.05, 0.1) is 0 Å². The topological polar surface area (TPSA) is 192 Å². The Morgan fingerprint density at radius 3 is 2.70 bits per heavy atom. The van der Waals surface area contributed by atoms with E-state index in [1.54, 1.807) is 0 Å². The van der Waals surface area contributed by atoms with Gasteiger partial charge in [0.15, 0.2) is 5.71 Å². The van der Waals surface area contributed by atoms with Gasteiger partial charge in [-0.3, -0.25) is 14.5 Å². The summed E-state index contributed by atoms with van der Waals surface area (Å²) in [5.41, 5.74) is 4.44. The summed E-state index contributed by atoms with van der Waals surface area (Å²) in [7, 11) is 0. The number of carbonyl (C=O) groups is 4. The van der Waals surface area contributed by atoms with E-state index in [-0.39, 0.29) is 34.9 Å². The number of oxime groups is 1. The maximum atomic E-state index is 12.6. The number of carboxylic acid groups (broad SMARTS) is 1. The molecule has 2 aliphatic rings. The SMILES string of the molecule is NC(=O)OCC1=C(C(=O)O)N2C(=O)C(NC(=O)C(=NO)c3cccc(O)c3)[C@@H]2SC1. The maximum absolute atomic E-state index is 12.6. The first-order valence-electron chi connectivity index (χ1n) is 8.39. The molecule has 0 spiro atoms. The van der Waals surface area contributed by atoms with Crippen molar-refractivity contribution in [3.63, 3.8) is 0 Å². The first-order valence-corrected chi connectivity index (χ1v) is 9.44. The van der Waals surface area contributed by atoms with E-state index >= 15 is 0 Å². The van der Waals surface area contributed by atoms with Crippen LogP contribution < -0.4 is 11.1 Å². The molecule has 3 rings (SSSR count). The summed E-state index contributed by atoms with van der Waals surface area (Å²) in [6.07, 6.45) is -1.08. The highest BCUT2D eigenvalue weighted by molar-refractivity contribution is 8.00. The number of phenols is 1. The molecular weight excluding hydrogens is 420 g/mol. The van der Waals surface area contributed by atoms with E-state index in [4.69, 9.17) is 5.73 Å². The predicted molar refractivity (Wildman–Crippen MR) is 102 cm³/mol. The molecule has 1 unspecified atom stereocenters. The summed E-state index contributed by atoms with van der Waals surface area (Å²) in [4.78, 5) is 48.5. The van der Waals surface area contributed by atoms with Crippen molar-refractivity contribution in [2.24, 2.45) is 10.9 Å². The molecular formula is C17H16N4O8S. The number of phenolic OH excluding ortho intramolecular Hbond substituents is 1. The van der Waals surface area contributed by atoms with Crippen molar-refractivity contribution in [3.8, 4) is 5.75 Å². The number of hydrogen-bond acceptors (Lipinski definition) is 9. The Morgan fingerprint density at radius 1 is 1.37 bits per heavy atom. The number of rotatable bonds is 6. The van der Waals surface area contributed by atoms with Crippen LogP contribution in [0.3, 0.4) is 0 Å². The minimum absolute atomic E-state index is 0.118. The number of amides is 3. The third-order valence-corrected chi connectivity index (χ3v) is 5.70. The number of primary amides is 1. The fourth-order valence-electron chi connectivity index (χ4n) is 3.05. The molecule has 2 heterocycles. The van der Waals surface area contributed by atoms with Gasteiger partial charge < -0.3 is 31.2 Å². The summed E-state index contributed by atoms with van der Waals surface area (Å²) in [5.74, 6) is -2.99. The number of fused-ring (bicyclic) bond motifs is 1. The highest BCUT2D eigenvalue weighted by atomic mass is 32.2. The molecule has 30 heavy (non-hydrogen) atoms. The van der Waals surface area contributed by atoms with E-state index in [1.807, 2.05) is 0 Å². The lowest BCUT2D eigenvalue weighted by atomic mass is 10.0. The minimum atomic E-state index is -1.39. The Labute approximate surface area is 173 Å². The lowest BCUT2D eigenvalue weighted by molar-refractivity contribution is -0.150. The molecule has 2 atom stereocenters. The summed E-state index contributed by atoms with van der Waals surface area (Å²) >= 11 is 1.16. The Hall–Kier alpha value is -3.74. The highest BCUT2D eigenvalue weighted by Gasteiger charge is 2.54. The molecule has 0 radical (unpaired) electrons. The largest absolute Gasteiger partial charge is 0.508 e. The van der Waals surface area contributed by atoms with Gasteiger partial charge in [-0.15, -0.1) is 11.8 Å². The van der Waals surface area contributed by atoms with Crippen molar-refractivity contribution < 1.29 is 39.3 Å². The van der Waals surface area contributed by atoms with Gasteiger partial charge in [-0.1, -0.05) is 17.3 Å². The third-order valence-electron chi connectivity index (χ3n) is 4.36. The fraction of sp³-hybridized carbons (Fsp3) is 0.235. The van der Waals surface area contributed by atoms with Crippen LogP contribution in [0.5, 0.6) is 5.75 Å². The molecule has 0 aromatic heterocycles. The van der Waals surface area contributed by atoms with E-state index in [1.165, 1.54) is 24.3 Å². The maximum Gasteiger partial charge on any atom is 0.404 e. The van der Waals surface area contributed by atoms with Crippen molar-refractivity contribution in [1.82, 2.24) is 10.2 Å². The average Bonchev–Trinajstić information content (AvgIpc) is 2.70. The van der Waals surface area contributed by atoms with Gasteiger partial charge in [-0.05, 0) is 12.1 Å². The monoisotopic (exact) mass is 436 g/mol. The van der Waals surface area contributed by atoms with Gasteiger partial charge in [0, 0.05) is 16.9 Å². The molecule has 0 bridgehead atoms. The van der Waals surface area contributed by atoms with Gasteiger partial charge in [-0.2, -0.15) is 0 Å². The molecule has 0 aliphatic carbocycles. The van der Waals surface area contributed by atoms with Crippen LogP contribution >= 0.6 is 11.8 Å². The quantitative estimate of drug-likeness (QED) is 0.168. The zero-order valence-corrected chi connectivity index (χ0v) is 16.0. The molecule has 1 saturated heterocycles. The molecule has 13 heteroatoms. The first kappa shape index (κ1) is 21.0. The van der Waals surface area contributed by atoms with Crippen LogP contribution in [-0.2, 0) is 19.1 Å². The molecule has 1 aromatic rings. The number of aliphatic carboxylic acids is 1. The highest BCUT2D eigenvalue weighted by Crippen LogP contribution is 2.40. The molecule has 6 N–H and O–H groups in total. The van der Waals surface area contributed by atoms with Crippen LogP contribution in [0.1, 0.15) is 5.56 Å². The number of benzene rings is 1. The second-order valence-electron chi connectivity index (χ2n) is 6.22. The molecule has 1 fully saturated rings. The fourth-order valence-corrected chi connectivity index (χ4v) is 4.38. The van der Waals surface area contributed by atoms with Crippen LogP contribution in [0, 0.1) is 0 Å². The van der Waals surface area contributed by atoms with Crippen molar-refractivity contribution in [2.75, 3.05) is 12.4 Å². The van der Waals surface area contributed by atoms with Gasteiger partial charge in [0.2, 0.25) is 0 Å². The molecule has 0 saturated carbocycles. The van der Waals surface area contributed by atoms with E-state index in [9.17, 15) is 34.6 Å². The first-order chi connectivity index (χ1) is 14.2. The molecule has 2 aliphatic heterocycles. The van der Waals surface area contributed by atoms with E-state index < -0.39 is 41.0 Å². The number of ether oxygens (including phenoxy) is 1. The van der Waals surface area contributed by atoms with Crippen LogP contribution in [0.2, 0.25) is 0 Å². The predicted octanol–water partition coefficient (Wildman–Crippen LogP) is -0.596. The van der Waals surface area contributed by atoms with Gasteiger partial charge in [0.25, 0.3) is 11.8 Å². The van der Waals surface area contributed by atoms with Crippen molar-refractivity contribution in [1.29, 1.82) is 0 Å². The number of thioether (sulfide) groups is 1. The van der Waals surface area contributed by atoms with Crippen molar-refractivity contribution in [2.45, 2.75) is 11.4 Å². The van der Waals surface area contributed by atoms with Crippen molar-refractivity contribution in [3.05, 3.63) is 41.1 Å². The molecule has 1 aromatic carbocycles. The Kier molecular flexibility index (Phi) is 5.82. The summed E-state index contributed by atoms with van der Waals surface area (Å²) in [5, 5.41) is 32.9. The van der Waals surface area contributed by atoms with E-state index in [0.717, 1.165) is 16.7 Å². The van der Waals surface area contributed by atoms with Crippen molar-refractivity contribution >= 4 is 41.4 Å². The second kappa shape index (κ2) is 8.32. The second-order valence-corrected chi connectivity index (χ2v) is 7.33. The van der Waals surface area contributed by atoms with Crippen LogP contribution in [0.15, 0.2) is 40.7 Å². The summed E-state index contributed by atoms with van der Waals surface area (Å²) in [6, 6.07) is 4.37. The Morgan fingerprint density at radius 2 is 2.10 bits per heavy atom. The molecule has 3 amide bonds. The summed E-state index contributed by atoms with van der Waals surface area (Å²) in [6.45, 7) is -0.379. The number of β-lactam (4-membered cyclic amide) rings is 1. The third kappa shape index (κ3) is 3.87. The minimum Gasteiger partial charge on any atom is -0.508 e. The lowest BCUT2D eigenvalue weighted by Gasteiger charge is -2.49. The van der Waals surface area contributed by atoms with Gasteiger partial charge >= 0.3 is 12.1 Å². The van der Waals surface area contributed by atoms with E-state index in [2.05, 4.69) is 15.2 Å². The molecule has 158 valence electrons. The number of carboxylic acids is 1. The standard InChI is InChI=1S/C17H16N4O8S/c18-17(27)29-5-8-6-30-15-11(14(24)21(15)12(8)16(25)26)19-13(23)10(20-28)7-2-1-3-9(22)4-7/h1-4,11,15,22,28H,5-6H2,(H2,18,27)(H,19,23)(H,25,26)/t11?,15-/m0/s1. The number of nitrogens with zero attached hydrogens (tertiary/aromatic N) is 2. The number of hydrogen-bond donors (Lipinski definition) is 5. The van der Waals surface area contributed by atoms with Crippen LogP contribution in [-0.4, -0.2) is 73.7 Å². The Bertz CT molecular complexity index is 992. The number of nitrogens with two attached hydrogens (primary N) is 1. The van der Waals surface area contributed by atoms with Gasteiger partial charge in [0.1, 0.15) is 29.5 Å². The van der Waals surface area contributed by atoms with Crippen LogP contribution in [0.25, 0.3) is 0 Å².